The first kappa shape index (κ1) is 18.8. The lowest BCUT2D eigenvalue weighted by Gasteiger charge is -2.37. The molecule has 0 aliphatic carbocycles. The number of halogens is 2. The summed E-state index contributed by atoms with van der Waals surface area (Å²) in [5.41, 5.74) is 1.39. The summed E-state index contributed by atoms with van der Waals surface area (Å²) in [6, 6.07) is 11.9. The fourth-order valence-corrected chi connectivity index (χ4v) is 3.71. The van der Waals surface area contributed by atoms with Gasteiger partial charge in [-0.05, 0) is 67.2 Å². The number of aliphatic carboxylic acids is 1. The molecule has 26 heavy (non-hydrogen) atoms. The summed E-state index contributed by atoms with van der Waals surface area (Å²) in [5, 5.41) is 20.9. The molecule has 2 aromatic rings. The molecule has 0 bridgehead atoms. The average Bonchev–Trinajstić information content (AvgIpc) is 2.64. The van der Waals surface area contributed by atoms with E-state index in [0.717, 1.165) is 5.56 Å². The average molecular weight is 378 g/mol. The first-order valence-electron chi connectivity index (χ1n) is 8.61. The highest BCUT2D eigenvalue weighted by Crippen LogP contribution is 2.34. The summed E-state index contributed by atoms with van der Waals surface area (Å²) in [7, 11) is 0. The van der Waals surface area contributed by atoms with Gasteiger partial charge in [0.1, 0.15) is 11.9 Å². The number of nitrogens with zero attached hydrogens (tertiary/aromatic N) is 1. The third kappa shape index (κ3) is 4.23. The SMILES string of the molecule is O=C(O)C(c1ccc(F)cc1)N1CCC(C(O)c2ccc(Cl)cc2)CC1. The molecule has 1 heterocycles. The summed E-state index contributed by atoms with van der Waals surface area (Å²) < 4.78 is 13.1. The van der Waals surface area contributed by atoms with Crippen molar-refractivity contribution < 1.29 is 19.4 Å². The molecule has 1 fully saturated rings. The van der Waals surface area contributed by atoms with Crippen LogP contribution < -0.4 is 0 Å². The molecule has 1 aliphatic rings. The van der Waals surface area contributed by atoms with E-state index in [4.69, 9.17) is 11.6 Å². The van der Waals surface area contributed by atoms with Gasteiger partial charge < -0.3 is 10.2 Å². The summed E-state index contributed by atoms with van der Waals surface area (Å²) in [4.78, 5) is 13.6. The number of piperidine rings is 1. The number of carbonyl (C=O) groups is 1. The molecule has 0 amide bonds. The Hall–Kier alpha value is -1.95. The summed E-state index contributed by atoms with van der Waals surface area (Å²) >= 11 is 5.89. The largest absolute Gasteiger partial charge is 0.480 e. The van der Waals surface area contributed by atoms with Gasteiger partial charge in [0.05, 0.1) is 6.10 Å². The smallest absolute Gasteiger partial charge is 0.325 e. The highest BCUT2D eigenvalue weighted by Gasteiger charge is 2.33. The number of hydrogen-bond acceptors (Lipinski definition) is 3. The molecular formula is C20H21ClFNO3. The second-order valence-corrected chi connectivity index (χ2v) is 7.10. The van der Waals surface area contributed by atoms with Crippen LogP contribution in [-0.2, 0) is 4.79 Å². The summed E-state index contributed by atoms with van der Waals surface area (Å²) in [6.07, 6.45) is 0.785. The van der Waals surface area contributed by atoms with E-state index in [-0.39, 0.29) is 11.7 Å². The van der Waals surface area contributed by atoms with Crippen molar-refractivity contribution in [1.82, 2.24) is 4.90 Å². The van der Waals surface area contributed by atoms with Crippen LogP contribution in [-0.4, -0.2) is 34.2 Å². The predicted molar refractivity (Wildman–Crippen MR) is 97.5 cm³/mol. The monoisotopic (exact) mass is 377 g/mol. The summed E-state index contributed by atoms with van der Waals surface area (Å²) in [6.45, 7) is 1.12. The van der Waals surface area contributed by atoms with Crippen LogP contribution in [0.4, 0.5) is 4.39 Å². The maximum atomic E-state index is 13.1. The molecule has 6 heteroatoms. The molecule has 0 spiro atoms. The van der Waals surface area contributed by atoms with Crippen LogP contribution in [0.5, 0.6) is 0 Å². The van der Waals surface area contributed by atoms with E-state index < -0.39 is 18.1 Å². The Kier molecular flexibility index (Phi) is 5.91. The molecule has 1 saturated heterocycles. The Morgan fingerprint density at radius 1 is 1.04 bits per heavy atom. The minimum Gasteiger partial charge on any atom is -0.480 e. The first-order valence-corrected chi connectivity index (χ1v) is 8.99. The maximum Gasteiger partial charge on any atom is 0.325 e. The zero-order valence-electron chi connectivity index (χ0n) is 14.2. The van der Waals surface area contributed by atoms with Gasteiger partial charge >= 0.3 is 5.97 Å². The Morgan fingerprint density at radius 2 is 1.58 bits per heavy atom. The van der Waals surface area contributed by atoms with Crippen molar-refractivity contribution in [3.05, 3.63) is 70.5 Å². The number of benzene rings is 2. The van der Waals surface area contributed by atoms with E-state index in [1.165, 1.54) is 24.3 Å². The number of carboxylic acid groups (broad SMARTS) is 1. The third-order valence-corrected chi connectivity index (χ3v) is 5.27. The van der Waals surface area contributed by atoms with E-state index in [9.17, 15) is 19.4 Å². The van der Waals surface area contributed by atoms with Gasteiger partial charge in [0.25, 0.3) is 0 Å². The van der Waals surface area contributed by atoms with Crippen LogP contribution in [0.3, 0.4) is 0 Å². The molecule has 4 nitrogen and oxygen atoms in total. The van der Waals surface area contributed by atoms with Crippen molar-refractivity contribution in [2.24, 2.45) is 5.92 Å². The minimum atomic E-state index is -0.951. The van der Waals surface area contributed by atoms with Gasteiger partial charge in [0.2, 0.25) is 0 Å². The Balaban J connectivity index is 1.67. The zero-order chi connectivity index (χ0) is 18.7. The van der Waals surface area contributed by atoms with Crippen molar-refractivity contribution in [1.29, 1.82) is 0 Å². The number of aliphatic hydroxyl groups excluding tert-OH is 1. The Morgan fingerprint density at radius 3 is 2.12 bits per heavy atom. The topological polar surface area (TPSA) is 60.8 Å². The zero-order valence-corrected chi connectivity index (χ0v) is 14.9. The molecule has 0 saturated carbocycles. The third-order valence-electron chi connectivity index (χ3n) is 5.02. The molecule has 1 aliphatic heterocycles. The van der Waals surface area contributed by atoms with E-state index in [2.05, 4.69) is 0 Å². The second-order valence-electron chi connectivity index (χ2n) is 6.66. The molecule has 3 rings (SSSR count). The van der Waals surface area contributed by atoms with Crippen molar-refractivity contribution in [2.75, 3.05) is 13.1 Å². The standard InChI is InChI=1S/C20H21ClFNO3/c21-16-5-1-14(2-6-16)19(24)15-9-11-23(12-10-15)18(20(25)26)13-3-7-17(22)8-4-13/h1-8,15,18-19,24H,9-12H2,(H,25,26). The normalized spacial score (nSPS) is 18.4. The van der Waals surface area contributed by atoms with Crippen LogP contribution in [0.2, 0.25) is 5.02 Å². The number of aliphatic hydroxyl groups is 1. The van der Waals surface area contributed by atoms with Crippen molar-refractivity contribution in [3.8, 4) is 0 Å². The lowest BCUT2D eigenvalue weighted by molar-refractivity contribution is -0.144. The number of likely N-dealkylation sites (tertiary alicyclic amines) is 1. The van der Waals surface area contributed by atoms with Gasteiger partial charge in [-0.25, -0.2) is 4.39 Å². The van der Waals surface area contributed by atoms with Crippen LogP contribution in [0.25, 0.3) is 0 Å². The van der Waals surface area contributed by atoms with Gasteiger partial charge in [-0.2, -0.15) is 0 Å². The molecule has 138 valence electrons. The fraction of sp³-hybridized carbons (Fsp3) is 0.350. The quantitative estimate of drug-likeness (QED) is 0.825. The van der Waals surface area contributed by atoms with Crippen molar-refractivity contribution in [2.45, 2.75) is 25.0 Å². The molecule has 2 N–H and O–H groups in total. The number of carboxylic acids is 1. The van der Waals surface area contributed by atoms with Crippen LogP contribution in [0, 0.1) is 11.7 Å². The van der Waals surface area contributed by atoms with Gasteiger partial charge in [0, 0.05) is 5.02 Å². The van der Waals surface area contributed by atoms with Crippen molar-refractivity contribution in [3.63, 3.8) is 0 Å². The van der Waals surface area contributed by atoms with Gasteiger partial charge in [-0.1, -0.05) is 35.9 Å². The summed E-state index contributed by atoms with van der Waals surface area (Å²) in [5.74, 6) is -1.27. The minimum absolute atomic E-state index is 0.0649. The van der Waals surface area contributed by atoms with E-state index >= 15 is 0 Å². The molecule has 0 aromatic heterocycles. The van der Waals surface area contributed by atoms with Gasteiger partial charge in [-0.3, -0.25) is 9.69 Å². The lowest BCUT2D eigenvalue weighted by atomic mass is 9.86. The Labute approximate surface area is 156 Å². The molecule has 2 unspecified atom stereocenters. The van der Waals surface area contributed by atoms with Gasteiger partial charge in [-0.15, -0.1) is 0 Å². The molecule has 0 radical (unpaired) electrons. The van der Waals surface area contributed by atoms with E-state index in [1.54, 1.807) is 12.1 Å². The Bertz CT molecular complexity index is 743. The molecule has 2 atom stereocenters. The molecule has 2 aromatic carbocycles. The van der Waals surface area contributed by atoms with E-state index in [1.807, 2.05) is 17.0 Å². The predicted octanol–water partition coefficient (Wildman–Crippen LogP) is 4.05. The number of hydrogen-bond donors (Lipinski definition) is 2. The maximum absolute atomic E-state index is 13.1. The first-order chi connectivity index (χ1) is 12.5. The van der Waals surface area contributed by atoms with Crippen LogP contribution >= 0.6 is 11.6 Å². The fourth-order valence-electron chi connectivity index (χ4n) is 3.58. The highest BCUT2D eigenvalue weighted by molar-refractivity contribution is 6.30. The number of rotatable bonds is 5. The van der Waals surface area contributed by atoms with Crippen LogP contribution in [0.1, 0.15) is 36.1 Å². The van der Waals surface area contributed by atoms with Gasteiger partial charge in [0.15, 0.2) is 0 Å². The second kappa shape index (κ2) is 8.16. The van der Waals surface area contributed by atoms with E-state index in [0.29, 0.717) is 36.5 Å². The highest BCUT2D eigenvalue weighted by atomic mass is 35.5. The molecular weight excluding hydrogens is 357 g/mol. The van der Waals surface area contributed by atoms with Crippen molar-refractivity contribution >= 4 is 17.6 Å². The van der Waals surface area contributed by atoms with Crippen LogP contribution in [0.15, 0.2) is 48.5 Å². The lowest BCUT2D eigenvalue weighted by Crippen LogP contribution is -2.41.